The Morgan fingerprint density at radius 1 is 0.952 bits per heavy atom. The van der Waals surface area contributed by atoms with E-state index in [2.05, 4.69) is 64.1 Å². The molecule has 0 saturated heterocycles. The first kappa shape index (κ1) is 15.6. The Morgan fingerprint density at radius 3 is 2.29 bits per heavy atom. The van der Waals surface area contributed by atoms with Crippen LogP contribution in [-0.4, -0.2) is 6.16 Å². The average molecular weight is 332 g/mol. The predicted molar refractivity (Wildman–Crippen MR) is 104 cm³/mol. The fourth-order valence-corrected chi connectivity index (χ4v) is 4.37. The van der Waals surface area contributed by atoms with E-state index in [-0.39, 0.29) is 0 Å². The molecule has 0 aromatic heterocycles. The van der Waals surface area contributed by atoms with Gasteiger partial charge in [0.05, 0.1) is 0 Å². The van der Waals surface area contributed by atoms with Crippen LogP contribution in [0.3, 0.4) is 0 Å². The molecular weight excluding hydrogens is 309 g/mol. The standard InChI is InChI=1S/C18H23P3/c19-9-12-6-13(10-20)8-15(7-12)17-3-1-2-16-14(11-21)4-5-18(16)17/h1-3,6-8,14H,4-5,9-11,19-21H2. The molecule has 3 rings (SSSR count). The first-order valence-electron chi connectivity index (χ1n) is 7.62. The molecule has 4 unspecified atom stereocenters. The zero-order valence-corrected chi connectivity index (χ0v) is 15.8. The van der Waals surface area contributed by atoms with Crippen LogP contribution in [0.5, 0.6) is 0 Å². The van der Waals surface area contributed by atoms with E-state index in [1.54, 1.807) is 11.1 Å². The fourth-order valence-electron chi connectivity index (χ4n) is 3.41. The van der Waals surface area contributed by atoms with E-state index in [1.807, 2.05) is 0 Å². The fraction of sp³-hybridized carbons (Fsp3) is 0.333. The molecular formula is C18H23P3. The van der Waals surface area contributed by atoms with Crippen LogP contribution in [0.2, 0.25) is 0 Å². The molecule has 0 heterocycles. The van der Waals surface area contributed by atoms with Crippen molar-refractivity contribution in [3.8, 4) is 11.1 Å². The number of rotatable bonds is 4. The SMILES string of the molecule is PCc1cc(CP)cc(-c2cccc3c2CCC3CP)c1. The molecule has 0 aliphatic heterocycles. The third-order valence-corrected chi connectivity index (χ3v) is 6.03. The van der Waals surface area contributed by atoms with Crippen LogP contribution in [-0.2, 0) is 18.7 Å². The molecule has 2 aromatic rings. The summed E-state index contributed by atoms with van der Waals surface area (Å²) in [6.45, 7) is 0. The lowest BCUT2D eigenvalue weighted by Gasteiger charge is -2.13. The van der Waals surface area contributed by atoms with Crippen molar-refractivity contribution in [2.75, 3.05) is 6.16 Å². The van der Waals surface area contributed by atoms with Crippen LogP contribution in [0.4, 0.5) is 0 Å². The Morgan fingerprint density at radius 2 is 1.67 bits per heavy atom. The Balaban J connectivity index is 2.12. The van der Waals surface area contributed by atoms with Gasteiger partial charge in [-0.3, -0.25) is 0 Å². The van der Waals surface area contributed by atoms with Gasteiger partial charge in [-0.2, -0.15) is 0 Å². The first-order valence-corrected chi connectivity index (χ1v) is 10.1. The van der Waals surface area contributed by atoms with Crippen molar-refractivity contribution in [3.05, 3.63) is 58.7 Å². The summed E-state index contributed by atoms with van der Waals surface area (Å²) in [4.78, 5) is 0. The Hall–Kier alpha value is -0.270. The van der Waals surface area contributed by atoms with Crippen molar-refractivity contribution in [2.45, 2.75) is 31.1 Å². The van der Waals surface area contributed by atoms with Crippen LogP contribution in [0.1, 0.15) is 34.6 Å². The van der Waals surface area contributed by atoms with E-state index in [4.69, 9.17) is 0 Å². The summed E-state index contributed by atoms with van der Waals surface area (Å²) < 4.78 is 0. The molecule has 21 heavy (non-hydrogen) atoms. The quantitative estimate of drug-likeness (QED) is 0.691. The number of hydrogen-bond donors (Lipinski definition) is 0. The minimum Gasteiger partial charge on any atom is -0.137 e. The summed E-state index contributed by atoms with van der Waals surface area (Å²) in [6.07, 6.45) is 5.75. The van der Waals surface area contributed by atoms with E-state index in [9.17, 15) is 0 Å². The van der Waals surface area contributed by atoms with E-state index in [0.29, 0.717) is 0 Å². The maximum absolute atomic E-state index is 2.91. The first-order chi connectivity index (χ1) is 10.3. The van der Waals surface area contributed by atoms with Crippen molar-refractivity contribution in [1.82, 2.24) is 0 Å². The number of hydrogen-bond acceptors (Lipinski definition) is 0. The summed E-state index contributed by atoms with van der Waals surface area (Å²) in [7, 11) is 8.61. The molecule has 0 N–H and O–H groups in total. The van der Waals surface area contributed by atoms with Crippen LogP contribution >= 0.6 is 27.7 Å². The van der Waals surface area contributed by atoms with Crippen molar-refractivity contribution in [1.29, 1.82) is 0 Å². The van der Waals surface area contributed by atoms with Gasteiger partial charge in [0.1, 0.15) is 0 Å². The zero-order chi connectivity index (χ0) is 14.8. The lowest BCUT2D eigenvalue weighted by Crippen LogP contribution is -1.95. The molecule has 110 valence electrons. The van der Waals surface area contributed by atoms with E-state index >= 15 is 0 Å². The second-order valence-electron chi connectivity index (χ2n) is 5.79. The predicted octanol–water partition coefficient (Wildman–Crippen LogP) is 5.01. The minimum absolute atomic E-state index is 0.732. The summed E-state index contributed by atoms with van der Waals surface area (Å²) in [6, 6.07) is 13.9. The van der Waals surface area contributed by atoms with Crippen molar-refractivity contribution in [2.24, 2.45) is 0 Å². The number of fused-ring (bicyclic) bond motifs is 1. The molecule has 4 atom stereocenters. The van der Waals surface area contributed by atoms with E-state index in [1.165, 1.54) is 41.3 Å². The summed E-state index contributed by atoms with van der Waals surface area (Å²) >= 11 is 0. The summed E-state index contributed by atoms with van der Waals surface area (Å²) in [5, 5.41) is 0. The minimum atomic E-state index is 0.732. The topological polar surface area (TPSA) is 0 Å². The molecule has 0 radical (unpaired) electrons. The highest BCUT2D eigenvalue weighted by molar-refractivity contribution is 7.16. The van der Waals surface area contributed by atoms with Crippen LogP contribution in [0.25, 0.3) is 11.1 Å². The third-order valence-electron chi connectivity index (χ3n) is 4.51. The van der Waals surface area contributed by atoms with Crippen LogP contribution < -0.4 is 0 Å². The van der Waals surface area contributed by atoms with Gasteiger partial charge in [-0.25, -0.2) is 0 Å². The summed E-state index contributed by atoms with van der Waals surface area (Å²) in [5.74, 6) is 0.732. The molecule has 2 aromatic carbocycles. The molecule has 0 amide bonds. The molecule has 1 aliphatic rings. The van der Waals surface area contributed by atoms with Crippen LogP contribution in [0, 0.1) is 0 Å². The smallest absolute Gasteiger partial charge is 0.0121 e. The second kappa shape index (κ2) is 6.87. The Labute approximate surface area is 135 Å². The maximum atomic E-state index is 2.91. The van der Waals surface area contributed by atoms with Gasteiger partial charge >= 0.3 is 0 Å². The zero-order valence-electron chi connectivity index (χ0n) is 12.3. The van der Waals surface area contributed by atoms with Crippen molar-refractivity contribution in [3.63, 3.8) is 0 Å². The van der Waals surface area contributed by atoms with Gasteiger partial charge in [0.15, 0.2) is 0 Å². The van der Waals surface area contributed by atoms with Gasteiger partial charge in [0.2, 0.25) is 0 Å². The second-order valence-corrected chi connectivity index (χ2v) is 7.08. The normalized spacial score (nSPS) is 17.0. The molecule has 0 bridgehead atoms. The molecule has 0 nitrogen and oxygen atoms in total. The molecule has 0 saturated carbocycles. The van der Waals surface area contributed by atoms with Crippen molar-refractivity contribution < 1.29 is 0 Å². The van der Waals surface area contributed by atoms with Gasteiger partial charge in [0, 0.05) is 0 Å². The average Bonchev–Trinajstić information content (AvgIpc) is 2.97. The maximum Gasteiger partial charge on any atom is -0.0121 e. The highest BCUT2D eigenvalue weighted by Crippen LogP contribution is 2.40. The largest absolute Gasteiger partial charge is 0.137 e. The van der Waals surface area contributed by atoms with Gasteiger partial charge < -0.3 is 0 Å². The summed E-state index contributed by atoms with van der Waals surface area (Å²) in [5.41, 5.74) is 8.83. The molecule has 1 aliphatic carbocycles. The lowest BCUT2D eigenvalue weighted by atomic mass is 9.93. The van der Waals surface area contributed by atoms with Gasteiger partial charge in [-0.15, -0.1) is 27.7 Å². The highest BCUT2D eigenvalue weighted by Gasteiger charge is 2.23. The Bertz CT molecular complexity index is 627. The monoisotopic (exact) mass is 332 g/mol. The molecule has 0 fully saturated rings. The van der Waals surface area contributed by atoms with Gasteiger partial charge in [-0.05, 0) is 70.6 Å². The lowest BCUT2D eigenvalue weighted by molar-refractivity contribution is 0.757. The van der Waals surface area contributed by atoms with Crippen LogP contribution in [0.15, 0.2) is 36.4 Å². The van der Waals surface area contributed by atoms with E-state index < -0.39 is 0 Å². The van der Waals surface area contributed by atoms with E-state index in [0.717, 1.165) is 18.2 Å². The Kier molecular flexibility index (Phi) is 5.11. The number of benzene rings is 2. The van der Waals surface area contributed by atoms with Gasteiger partial charge in [0.25, 0.3) is 0 Å². The highest BCUT2D eigenvalue weighted by atomic mass is 31.0. The van der Waals surface area contributed by atoms with Crippen molar-refractivity contribution >= 4 is 27.7 Å². The molecule has 3 heteroatoms. The third kappa shape index (κ3) is 3.10. The molecule has 0 spiro atoms. The van der Waals surface area contributed by atoms with Gasteiger partial charge in [-0.1, -0.05) is 36.4 Å².